The third-order valence-electron chi connectivity index (χ3n) is 3.74. The molecule has 1 aliphatic rings. The van der Waals surface area contributed by atoms with E-state index in [0.717, 1.165) is 36.2 Å². The van der Waals surface area contributed by atoms with E-state index in [2.05, 4.69) is 34.2 Å². The van der Waals surface area contributed by atoms with Gasteiger partial charge in [0.2, 0.25) is 0 Å². The maximum atomic E-state index is 5.99. The Kier molecular flexibility index (Phi) is 6.33. The standard InChI is InChI=1S/C16H24BrNO2/c1-3-9-18-16(15-6-4-5-10-20-15)13-8-7-12(19-2)11-14(13)17/h7-8,11,15-16,18H,3-6,9-10H2,1-2H3. The summed E-state index contributed by atoms with van der Waals surface area (Å²) in [6, 6.07) is 6.42. The molecule has 0 aliphatic carbocycles. The van der Waals surface area contributed by atoms with E-state index in [1.807, 2.05) is 12.1 Å². The van der Waals surface area contributed by atoms with Crippen molar-refractivity contribution in [3.05, 3.63) is 28.2 Å². The molecule has 0 bridgehead atoms. The van der Waals surface area contributed by atoms with Gasteiger partial charge in [-0.3, -0.25) is 0 Å². The topological polar surface area (TPSA) is 30.5 Å². The number of hydrogen-bond donors (Lipinski definition) is 1. The molecule has 1 heterocycles. The summed E-state index contributed by atoms with van der Waals surface area (Å²) in [5.41, 5.74) is 1.26. The van der Waals surface area contributed by atoms with Crippen LogP contribution in [0, 0.1) is 0 Å². The molecule has 2 atom stereocenters. The molecule has 2 unspecified atom stereocenters. The van der Waals surface area contributed by atoms with Gasteiger partial charge in [0.25, 0.3) is 0 Å². The van der Waals surface area contributed by atoms with Gasteiger partial charge >= 0.3 is 0 Å². The van der Waals surface area contributed by atoms with Crippen LogP contribution in [0.25, 0.3) is 0 Å². The molecule has 0 spiro atoms. The van der Waals surface area contributed by atoms with Crippen LogP contribution >= 0.6 is 15.9 Å². The van der Waals surface area contributed by atoms with Crippen molar-refractivity contribution < 1.29 is 9.47 Å². The van der Waals surface area contributed by atoms with Crippen LogP contribution in [-0.2, 0) is 4.74 Å². The number of rotatable bonds is 6. The average molecular weight is 342 g/mol. The van der Waals surface area contributed by atoms with Crippen molar-refractivity contribution in [3.63, 3.8) is 0 Å². The normalized spacial score (nSPS) is 20.6. The number of hydrogen-bond acceptors (Lipinski definition) is 3. The second kappa shape index (κ2) is 8.01. The highest BCUT2D eigenvalue weighted by atomic mass is 79.9. The second-order valence-corrected chi connectivity index (χ2v) is 6.08. The molecule has 1 aliphatic heterocycles. The summed E-state index contributed by atoms with van der Waals surface area (Å²) in [6.07, 6.45) is 4.94. The summed E-state index contributed by atoms with van der Waals surface area (Å²) in [6.45, 7) is 4.07. The van der Waals surface area contributed by atoms with Gasteiger partial charge in [0.05, 0.1) is 19.3 Å². The number of benzene rings is 1. The summed E-state index contributed by atoms with van der Waals surface area (Å²) in [5.74, 6) is 0.874. The van der Waals surface area contributed by atoms with Crippen molar-refractivity contribution >= 4 is 15.9 Å². The van der Waals surface area contributed by atoms with Gasteiger partial charge in [-0.25, -0.2) is 0 Å². The van der Waals surface area contributed by atoms with Crippen molar-refractivity contribution in [1.29, 1.82) is 0 Å². The Morgan fingerprint density at radius 1 is 1.45 bits per heavy atom. The number of halogens is 1. The summed E-state index contributed by atoms with van der Waals surface area (Å²) in [4.78, 5) is 0. The molecule has 0 amide bonds. The summed E-state index contributed by atoms with van der Waals surface area (Å²) >= 11 is 3.67. The van der Waals surface area contributed by atoms with Gasteiger partial charge in [-0.05, 0) is 49.9 Å². The van der Waals surface area contributed by atoms with E-state index in [1.54, 1.807) is 7.11 Å². The molecule has 2 rings (SSSR count). The lowest BCUT2D eigenvalue weighted by Gasteiger charge is -2.32. The van der Waals surface area contributed by atoms with Gasteiger partial charge in [0.1, 0.15) is 5.75 Å². The lowest BCUT2D eigenvalue weighted by Crippen LogP contribution is -2.36. The fourth-order valence-electron chi connectivity index (χ4n) is 2.66. The highest BCUT2D eigenvalue weighted by Crippen LogP contribution is 2.33. The van der Waals surface area contributed by atoms with E-state index in [0.29, 0.717) is 0 Å². The molecule has 112 valence electrons. The van der Waals surface area contributed by atoms with E-state index in [9.17, 15) is 0 Å². The van der Waals surface area contributed by atoms with Crippen molar-refractivity contribution in [2.45, 2.75) is 44.8 Å². The van der Waals surface area contributed by atoms with Gasteiger partial charge in [-0.1, -0.05) is 28.9 Å². The van der Waals surface area contributed by atoms with E-state index in [-0.39, 0.29) is 12.1 Å². The van der Waals surface area contributed by atoms with Crippen LogP contribution in [0.4, 0.5) is 0 Å². The Hall–Kier alpha value is -0.580. The molecular formula is C16H24BrNO2. The largest absolute Gasteiger partial charge is 0.497 e. The lowest BCUT2D eigenvalue weighted by atomic mass is 9.95. The Bertz CT molecular complexity index is 419. The first-order valence-corrected chi connectivity index (χ1v) is 8.24. The van der Waals surface area contributed by atoms with Gasteiger partial charge < -0.3 is 14.8 Å². The fourth-order valence-corrected chi connectivity index (χ4v) is 3.26. The number of ether oxygens (including phenoxy) is 2. The third-order valence-corrected chi connectivity index (χ3v) is 4.43. The molecule has 4 heteroatoms. The molecule has 1 saturated heterocycles. The molecule has 1 aromatic rings. The Morgan fingerprint density at radius 3 is 2.90 bits per heavy atom. The first kappa shape index (κ1) is 15.8. The Labute approximate surface area is 130 Å². The minimum Gasteiger partial charge on any atom is -0.497 e. The van der Waals surface area contributed by atoms with Crippen molar-refractivity contribution in [1.82, 2.24) is 5.32 Å². The van der Waals surface area contributed by atoms with Crippen LogP contribution < -0.4 is 10.1 Å². The van der Waals surface area contributed by atoms with Crippen molar-refractivity contribution in [3.8, 4) is 5.75 Å². The molecule has 1 aromatic carbocycles. The monoisotopic (exact) mass is 341 g/mol. The summed E-state index contributed by atoms with van der Waals surface area (Å²) < 4.78 is 12.3. The van der Waals surface area contributed by atoms with Crippen LogP contribution in [0.5, 0.6) is 5.75 Å². The van der Waals surface area contributed by atoms with Gasteiger partial charge in [-0.2, -0.15) is 0 Å². The van der Waals surface area contributed by atoms with Gasteiger partial charge in [0, 0.05) is 11.1 Å². The van der Waals surface area contributed by atoms with E-state index in [1.165, 1.54) is 18.4 Å². The van der Waals surface area contributed by atoms with E-state index < -0.39 is 0 Å². The maximum Gasteiger partial charge on any atom is 0.120 e. The molecule has 1 N–H and O–H groups in total. The molecule has 0 saturated carbocycles. The van der Waals surface area contributed by atoms with Crippen molar-refractivity contribution in [2.75, 3.05) is 20.3 Å². The predicted molar refractivity (Wildman–Crippen MR) is 85.3 cm³/mol. The first-order valence-electron chi connectivity index (χ1n) is 7.44. The highest BCUT2D eigenvalue weighted by molar-refractivity contribution is 9.10. The van der Waals surface area contributed by atoms with E-state index >= 15 is 0 Å². The lowest BCUT2D eigenvalue weighted by molar-refractivity contribution is -0.00830. The Balaban J connectivity index is 2.20. The quantitative estimate of drug-likeness (QED) is 0.845. The van der Waals surface area contributed by atoms with Gasteiger partial charge in [0.15, 0.2) is 0 Å². The number of nitrogens with one attached hydrogen (secondary N) is 1. The van der Waals surface area contributed by atoms with Crippen LogP contribution in [0.1, 0.15) is 44.2 Å². The van der Waals surface area contributed by atoms with E-state index in [4.69, 9.17) is 9.47 Å². The van der Waals surface area contributed by atoms with Crippen molar-refractivity contribution in [2.24, 2.45) is 0 Å². The molecule has 0 radical (unpaired) electrons. The number of methoxy groups -OCH3 is 1. The summed E-state index contributed by atoms with van der Waals surface area (Å²) in [5, 5.41) is 3.64. The zero-order valence-corrected chi connectivity index (χ0v) is 13.9. The minimum atomic E-state index is 0.246. The molecule has 1 fully saturated rings. The smallest absolute Gasteiger partial charge is 0.120 e. The summed E-state index contributed by atoms with van der Waals surface area (Å²) in [7, 11) is 1.69. The second-order valence-electron chi connectivity index (χ2n) is 5.22. The maximum absolute atomic E-state index is 5.99. The third kappa shape index (κ3) is 3.96. The average Bonchev–Trinajstić information content (AvgIpc) is 2.50. The van der Waals surface area contributed by atoms with Crippen LogP contribution in [-0.4, -0.2) is 26.4 Å². The zero-order chi connectivity index (χ0) is 14.4. The first-order chi connectivity index (χ1) is 9.76. The Morgan fingerprint density at radius 2 is 2.30 bits per heavy atom. The van der Waals surface area contributed by atoms with Crippen LogP contribution in [0.15, 0.2) is 22.7 Å². The molecule has 3 nitrogen and oxygen atoms in total. The SMILES string of the molecule is CCCNC(c1ccc(OC)cc1Br)C1CCCCO1. The minimum absolute atomic E-state index is 0.246. The highest BCUT2D eigenvalue weighted by Gasteiger charge is 2.27. The molecular weight excluding hydrogens is 318 g/mol. The van der Waals surface area contributed by atoms with Crippen LogP contribution in [0.3, 0.4) is 0 Å². The van der Waals surface area contributed by atoms with Gasteiger partial charge in [-0.15, -0.1) is 0 Å². The van der Waals surface area contributed by atoms with Crippen LogP contribution in [0.2, 0.25) is 0 Å². The zero-order valence-electron chi connectivity index (χ0n) is 12.3. The molecule has 20 heavy (non-hydrogen) atoms. The molecule has 0 aromatic heterocycles. The fraction of sp³-hybridized carbons (Fsp3) is 0.625. The predicted octanol–water partition coefficient (Wildman–Crippen LogP) is 4.07.